The van der Waals surface area contributed by atoms with Crippen LogP contribution in [0.4, 0.5) is 0 Å². The molecule has 1 fully saturated rings. The Morgan fingerprint density at radius 3 is 2.64 bits per heavy atom. The summed E-state index contributed by atoms with van der Waals surface area (Å²) in [6, 6.07) is 1.92. The van der Waals surface area contributed by atoms with Crippen molar-refractivity contribution in [1.82, 2.24) is 29.7 Å². The van der Waals surface area contributed by atoms with Crippen molar-refractivity contribution in [1.29, 1.82) is 0 Å². The maximum Gasteiger partial charge on any atom is 0.262 e. The fraction of sp³-hybridized carbons (Fsp3) is 0.350. The van der Waals surface area contributed by atoms with E-state index >= 15 is 0 Å². The second-order valence-corrected chi connectivity index (χ2v) is 8.63. The number of rotatable bonds is 3. The number of H-pyrrole nitrogens is 1. The molecule has 5 rings (SSSR count). The van der Waals surface area contributed by atoms with Gasteiger partial charge in [-0.3, -0.25) is 9.78 Å². The minimum atomic E-state index is -0.148. The van der Waals surface area contributed by atoms with Gasteiger partial charge >= 0.3 is 0 Å². The zero-order valence-electron chi connectivity index (χ0n) is 15.9. The monoisotopic (exact) mass is 392 g/mol. The first-order valence-corrected chi connectivity index (χ1v) is 10.2. The minimum absolute atomic E-state index is 0.148. The standard InChI is InChI=1S/C20H20N6OS/c1-10-6-7-21-9-16(10)26-18-15(8-22-26)19(27)25-17(24-18)13-4-5-14(13)20-23-11(2)12(3)28-20/h6-9,13-14H,4-5H2,1-3H3,(H,24,25,27)/t13-,14-/m0/s1. The average molecular weight is 392 g/mol. The van der Waals surface area contributed by atoms with Crippen LogP contribution in [-0.4, -0.2) is 29.7 Å². The largest absolute Gasteiger partial charge is 0.310 e. The molecule has 28 heavy (non-hydrogen) atoms. The van der Waals surface area contributed by atoms with Crippen molar-refractivity contribution in [3.8, 4) is 5.69 Å². The molecular weight excluding hydrogens is 372 g/mol. The summed E-state index contributed by atoms with van der Waals surface area (Å²) in [6.07, 6.45) is 7.13. The van der Waals surface area contributed by atoms with Gasteiger partial charge in [0.05, 0.1) is 28.8 Å². The molecular formula is C20H20N6OS. The number of nitrogens with zero attached hydrogens (tertiary/aromatic N) is 5. The van der Waals surface area contributed by atoms with E-state index in [1.165, 1.54) is 4.88 Å². The number of fused-ring (bicyclic) bond motifs is 1. The van der Waals surface area contributed by atoms with Crippen molar-refractivity contribution in [2.75, 3.05) is 0 Å². The van der Waals surface area contributed by atoms with Crippen molar-refractivity contribution in [3.63, 3.8) is 0 Å². The van der Waals surface area contributed by atoms with Crippen LogP contribution in [-0.2, 0) is 0 Å². The van der Waals surface area contributed by atoms with Crippen LogP contribution in [0.5, 0.6) is 0 Å². The van der Waals surface area contributed by atoms with E-state index in [1.54, 1.807) is 34.6 Å². The lowest BCUT2D eigenvalue weighted by Crippen LogP contribution is -2.26. The van der Waals surface area contributed by atoms with Crippen LogP contribution in [0.2, 0.25) is 0 Å². The van der Waals surface area contributed by atoms with E-state index in [0.717, 1.165) is 40.6 Å². The fourth-order valence-corrected chi connectivity index (χ4v) is 4.87. The van der Waals surface area contributed by atoms with E-state index in [2.05, 4.69) is 22.0 Å². The molecule has 7 nitrogen and oxygen atoms in total. The molecule has 4 heterocycles. The number of pyridine rings is 1. The van der Waals surface area contributed by atoms with Crippen molar-refractivity contribution in [2.45, 2.75) is 45.4 Å². The molecule has 142 valence electrons. The highest BCUT2D eigenvalue weighted by molar-refractivity contribution is 7.11. The van der Waals surface area contributed by atoms with Crippen LogP contribution < -0.4 is 5.56 Å². The zero-order chi connectivity index (χ0) is 19.4. The van der Waals surface area contributed by atoms with Crippen LogP contribution in [0, 0.1) is 20.8 Å². The maximum absolute atomic E-state index is 12.7. The quantitative estimate of drug-likeness (QED) is 0.576. The van der Waals surface area contributed by atoms with E-state index in [4.69, 9.17) is 9.97 Å². The van der Waals surface area contributed by atoms with Gasteiger partial charge in [-0.1, -0.05) is 0 Å². The molecule has 4 aromatic rings. The van der Waals surface area contributed by atoms with Gasteiger partial charge in [-0.2, -0.15) is 5.10 Å². The Labute approximate surface area is 165 Å². The summed E-state index contributed by atoms with van der Waals surface area (Å²) < 4.78 is 1.71. The first-order valence-electron chi connectivity index (χ1n) is 9.36. The van der Waals surface area contributed by atoms with Gasteiger partial charge in [-0.05, 0) is 45.2 Å². The van der Waals surface area contributed by atoms with Crippen molar-refractivity contribution >= 4 is 22.4 Å². The Balaban J connectivity index is 1.60. The van der Waals surface area contributed by atoms with Gasteiger partial charge in [-0.25, -0.2) is 14.6 Å². The molecule has 0 saturated heterocycles. The molecule has 0 amide bonds. The summed E-state index contributed by atoms with van der Waals surface area (Å²) in [5.41, 5.74) is 3.38. The minimum Gasteiger partial charge on any atom is -0.310 e. The van der Waals surface area contributed by atoms with Crippen LogP contribution >= 0.6 is 11.3 Å². The normalized spacial score (nSPS) is 19.1. The van der Waals surface area contributed by atoms with Crippen molar-refractivity contribution < 1.29 is 0 Å². The van der Waals surface area contributed by atoms with Gasteiger partial charge < -0.3 is 4.98 Å². The van der Waals surface area contributed by atoms with E-state index < -0.39 is 0 Å². The fourth-order valence-electron chi connectivity index (χ4n) is 3.74. The number of aryl methyl sites for hydroxylation is 3. The van der Waals surface area contributed by atoms with Crippen molar-refractivity contribution in [2.24, 2.45) is 0 Å². The predicted molar refractivity (Wildman–Crippen MR) is 108 cm³/mol. The van der Waals surface area contributed by atoms with Crippen LogP contribution in [0.3, 0.4) is 0 Å². The molecule has 8 heteroatoms. The number of aromatic amines is 1. The molecule has 0 unspecified atom stereocenters. The lowest BCUT2D eigenvalue weighted by Gasteiger charge is -2.34. The van der Waals surface area contributed by atoms with Gasteiger partial charge in [0.1, 0.15) is 11.2 Å². The first-order chi connectivity index (χ1) is 13.5. The number of thiazole rings is 1. The van der Waals surface area contributed by atoms with Gasteiger partial charge in [-0.15, -0.1) is 11.3 Å². The highest BCUT2D eigenvalue weighted by Crippen LogP contribution is 2.49. The molecule has 4 aromatic heterocycles. The molecule has 0 aliphatic heterocycles. The highest BCUT2D eigenvalue weighted by Gasteiger charge is 2.37. The zero-order valence-corrected chi connectivity index (χ0v) is 16.7. The second-order valence-electron chi connectivity index (χ2n) is 7.39. The third-order valence-corrected chi connectivity index (χ3v) is 6.89. The lowest BCUT2D eigenvalue weighted by molar-refractivity contribution is 0.331. The van der Waals surface area contributed by atoms with E-state index in [1.807, 2.05) is 19.9 Å². The second kappa shape index (κ2) is 6.34. The van der Waals surface area contributed by atoms with Crippen molar-refractivity contribution in [3.05, 3.63) is 62.0 Å². The predicted octanol–water partition coefficient (Wildman–Crippen LogP) is 3.55. The summed E-state index contributed by atoms with van der Waals surface area (Å²) in [6.45, 7) is 6.14. The van der Waals surface area contributed by atoms with Crippen LogP contribution in [0.15, 0.2) is 29.5 Å². The summed E-state index contributed by atoms with van der Waals surface area (Å²) in [7, 11) is 0. The molecule has 0 aromatic carbocycles. The van der Waals surface area contributed by atoms with Crippen LogP contribution in [0.25, 0.3) is 16.7 Å². The van der Waals surface area contributed by atoms with E-state index in [9.17, 15) is 4.79 Å². The van der Waals surface area contributed by atoms with Gasteiger partial charge in [0.25, 0.3) is 5.56 Å². The average Bonchev–Trinajstić information content (AvgIpc) is 3.18. The summed E-state index contributed by atoms with van der Waals surface area (Å²) in [5.74, 6) is 1.22. The number of hydrogen-bond donors (Lipinski definition) is 1. The van der Waals surface area contributed by atoms with Gasteiger partial charge in [0, 0.05) is 22.9 Å². The first kappa shape index (κ1) is 17.2. The van der Waals surface area contributed by atoms with Gasteiger partial charge in [0.15, 0.2) is 5.65 Å². The topological polar surface area (TPSA) is 89.4 Å². The Hall–Kier alpha value is -2.87. The Bertz CT molecular complexity index is 1230. The molecule has 0 bridgehead atoms. The smallest absolute Gasteiger partial charge is 0.262 e. The summed E-state index contributed by atoms with van der Waals surface area (Å²) >= 11 is 1.75. The van der Waals surface area contributed by atoms with Gasteiger partial charge in [0.2, 0.25) is 0 Å². The molecule has 1 N–H and O–H groups in total. The number of hydrogen-bond acceptors (Lipinski definition) is 6. The maximum atomic E-state index is 12.7. The molecule has 1 saturated carbocycles. The molecule has 0 radical (unpaired) electrons. The Morgan fingerprint density at radius 2 is 1.96 bits per heavy atom. The lowest BCUT2D eigenvalue weighted by atomic mass is 9.73. The number of aromatic nitrogens is 6. The SMILES string of the molecule is Cc1ccncc1-n1ncc2c(=O)[nH]c([C@H]3CC[C@@H]3c3nc(C)c(C)s3)nc21. The molecule has 2 atom stereocenters. The van der Waals surface area contributed by atoms with Crippen LogP contribution in [0.1, 0.15) is 51.6 Å². The summed E-state index contributed by atoms with van der Waals surface area (Å²) in [4.78, 5) is 30.7. The van der Waals surface area contributed by atoms with E-state index in [0.29, 0.717) is 17.0 Å². The molecule has 1 aliphatic rings. The van der Waals surface area contributed by atoms with E-state index in [-0.39, 0.29) is 11.5 Å². The third kappa shape index (κ3) is 2.59. The Kier molecular flexibility index (Phi) is 3.90. The highest BCUT2D eigenvalue weighted by atomic mass is 32.1. The number of nitrogens with one attached hydrogen (secondary N) is 1. The third-order valence-electron chi connectivity index (χ3n) is 5.68. The summed E-state index contributed by atoms with van der Waals surface area (Å²) in [5, 5.41) is 6.04. The Morgan fingerprint density at radius 1 is 1.14 bits per heavy atom. The molecule has 1 aliphatic carbocycles. The molecule has 0 spiro atoms.